The molecule has 0 aromatic rings. The van der Waals surface area contributed by atoms with Crippen LogP contribution in [0.25, 0.3) is 0 Å². The first kappa shape index (κ1) is 16.7. The van der Waals surface area contributed by atoms with Gasteiger partial charge in [-0.25, -0.2) is 0 Å². The summed E-state index contributed by atoms with van der Waals surface area (Å²) in [5.74, 6) is 1.41. The van der Waals surface area contributed by atoms with Gasteiger partial charge in [-0.15, -0.1) is 0 Å². The predicted octanol–water partition coefficient (Wildman–Crippen LogP) is -1.38. The first-order valence-electron chi connectivity index (χ1n) is 6.51. The molecule has 0 aromatic carbocycles. The minimum Gasteiger partial charge on any atom is -1.00 e. The maximum Gasteiger partial charge on any atom is 0.220 e. The van der Waals surface area contributed by atoms with E-state index in [2.05, 4.69) is 27.9 Å². The molecule has 4 heteroatoms. The lowest BCUT2D eigenvalue weighted by Crippen LogP contribution is -3.00. The van der Waals surface area contributed by atoms with Crippen LogP contribution in [0.1, 0.15) is 33.1 Å². The highest BCUT2D eigenvalue weighted by Gasteiger charge is 2.40. The predicted molar refractivity (Wildman–Crippen MR) is 66.7 cm³/mol. The molecule has 0 aliphatic carbocycles. The van der Waals surface area contributed by atoms with Crippen molar-refractivity contribution in [3.05, 3.63) is 0 Å². The molecule has 1 aliphatic rings. The van der Waals surface area contributed by atoms with Gasteiger partial charge in [-0.1, -0.05) is 13.8 Å². The standard InChI is InChI=1S/C13H26N2O.ClH/c1-5-10(13(14)16)7-12-9-15(3,4)8-11(12)6-2;/h10-12H,5-9H2,1-4H3,(H-,14,16);1H. The van der Waals surface area contributed by atoms with E-state index in [1.54, 1.807) is 0 Å². The quantitative estimate of drug-likeness (QED) is 0.610. The molecule has 3 atom stereocenters. The highest BCUT2D eigenvalue weighted by molar-refractivity contribution is 5.76. The van der Waals surface area contributed by atoms with Gasteiger partial charge in [0.1, 0.15) is 0 Å². The number of rotatable bonds is 5. The van der Waals surface area contributed by atoms with Crippen LogP contribution < -0.4 is 18.1 Å². The molecule has 1 saturated heterocycles. The van der Waals surface area contributed by atoms with Crippen molar-refractivity contribution >= 4 is 5.91 Å². The topological polar surface area (TPSA) is 43.1 Å². The minimum absolute atomic E-state index is 0. The second-order valence-corrected chi connectivity index (χ2v) is 5.97. The normalized spacial score (nSPS) is 28.5. The summed E-state index contributed by atoms with van der Waals surface area (Å²) in [6.07, 6.45) is 3.10. The van der Waals surface area contributed by atoms with Crippen LogP contribution in [0.5, 0.6) is 0 Å². The molecule has 1 amide bonds. The van der Waals surface area contributed by atoms with Crippen molar-refractivity contribution in [2.45, 2.75) is 33.1 Å². The maximum absolute atomic E-state index is 11.3. The van der Waals surface area contributed by atoms with Crippen LogP contribution in [0.3, 0.4) is 0 Å². The molecule has 1 aliphatic heterocycles. The van der Waals surface area contributed by atoms with Crippen molar-refractivity contribution in [1.82, 2.24) is 0 Å². The summed E-state index contributed by atoms with van der Waals surface area (Å²) < 4.78 is 1.10. The molecule has 3 nitrogen and oxygen atoms in total. The highest BCUT2D eigenvalue weighted by atomic mass is 35.5. The summed E-state index contributed by atoms with van der Waals surface area (Å²) in [5, 5.41) is 0. The van der Waals surface area contributed by atoms with Gasteiger partial charge in [-0.2, -0.15) is 0 Å². The summed E-state index contributed by atoms with van der Waals surface area (Å²) in [6, 6.07) is 0. The van der Waals surface area contributed by atoms with E-state index in [-0.39, 0.29) is 24.2 Å². The molecule has 0 aromatic heterocycles. The molecule has 2 N–H and O–H groups in total. The van der Waals surface area contributed by atoms with Crippen molar-refractivity contribution in [1.29, 1.82) is 0 Å². The van der Waals surface area contributed by atoms with E-state index < -0.39 is 0 Å². The molecule has 3 unspecified atom stereocenters. The lowest BCUT2D eigenvalue weighted by atomic mass is 9.84. The SMILES string of the molecule is CCC(CC1C[N+](C)(C)CC1CC)C(N)=O.[Cl-]. The second kappa shape index (κ2) is 6.60. The number of halogens is 1. The van der Waals surface area contributed by atoms with Crippen molar-refractivity contribution < 1.29 is 21.7 Å². The summed E-state index contributed by atoms with van der Waals surface area (Å²) in [7, 11) is 4.57. The molecule has 102 valence electrons. The van der Waals surface area contributed by atoms with E-state index in [4.69, 9.17) is 5.73 Å². The van der Waals surface area contributed by atoms with Crippen LogP contribution >= 0.6 is 0 Å². The summed E-state index contributed by atoms with van der Waals surface area (Å²) in [4.78, 5) is 11.3. The molecular formula is C13H27ClN2O. The van der Waals surface area contributed by atoms with Crippen LogP contribution in [0.15, 0.2) is 0 Å². The third-order valence-corrected chi connectivity index (χ3v) is 4.13. The van der Waals surface area contributed by atoms with E-state index in [1.165, 1.54) is 19.5 Å². The van der Waals surface area contributed by atoms with Gasteiger partial charge in [0.25, 0.3) is 0 Å². The smallest absolute Gasteiger partial charge is 0.220 e. The van der Waals surface area contributed by atoms with Crippen LogP contribution in [0.4, 0.5) is 0 Å². The van der Waals surface area contributed by atoms with Gasteiger partial charge in [0.15, 0.2) is 0 Å². The first-order valence-corrected chi connectivity index (χ1v) is 6.51. The monoisotopic (exact) mass is 262 g/mol. The number of nitrogens with zero attached hydrogens (tertiary/aromatic N) is 1. The number of carbonyl (C=O) groups excluding carboxylic acids is 1. The van der Waals surface area contributed by atoms with Crippen LogP contribution in [0.2, 0.25) is 0 Å². The first-order chi connectivity index (χ1) is 7.39. The zero-order valence-corrected chi connectivity index (χ0v) is 12.3. The summed E-state index contributed by atoms with van der Waals surface area (Å²) in [6.45, 7) is 6.76. The molecular weight excluding hydrogens is 236 g/mol. The van der Waals surface area contributed by atoms with E-state index in [9.17, 15) is 4.79 Å². The van der Waals surface area contributed by atoms with E-state index in [0.29, 0.717) is 5.92 Å². The Kier molecular flexibility index (Phi) is 6.49. The van der Waals surface area contributed by atoms with E-state index in [1.807, 2.05) is 0 Å². The Morgan fingerprint density at radius 3 is 2.24 bits per heavy atom. The fraction of sp³-hybridized carbons (Fsp3) is 0.923. The number of amides is 1. The van der Waals surface area contributed by atoms with E-state index >= 15 is 0 Å². The van der Waals surface area contributed by atoms with Gasteiger partial charge in [0.05, 0.1) is 27.2 Å². The average Bonchev–Trinajstić information content (AvgIpc) is 2.49. The molecule has 0 radical (unpaired) electrons. The maximum atomic E-state index is 11.3. The molecule has 17 heavy (non-hydrogen) atoms. The van der Waals surface area contributed by atoms with Gasteiger partial charge in [0.2, 0.25) is 5.91 Å². The summed E-state index contributed by atoms with van der Waals surface area (Å²) in [5.41, 5.74) is 5.44. The fourth-order valence-corrected chi connectivity index (χ4v) is 3.22. The van der Waals surface area contributed by atoms with Gasteiger partial charge in [0, 0.05) is 17.8 Å². The van der Waals surface area contributed by atoms with Crippen molar-refractivity contribution in [3.63, 3.8) is 0 Å². The molecule has 0 bridgehead atoms. The number of carbonyl (C=O) groups is 1. The Morgan fingerprint density at radius 2 is 1.82 bits per heavy atom. The van der Waals surface area contributed by atoms with Gasteiger partial charge in [-0.3, -0.25) is 4.79 Å². The number of quaternary nitrogens is 1. The molecule has 1 fully saturated rings. The Bertz CT molecular complexity index is 256. The lowest BCUT2D eigenvalue weighted by Gasteiger charge is -2.24. The number of nitrogens with two attached hydrogens (primary N) is 1. The van der Waals surface area contributed by atoms with Crippen LogP contribution in [-0.4, -0.2) is 37.6 Å². The Labute approximate surface area is 112 Å². The van der Waals surface area contributed by atoms with Gasteiger partial charge < -0.3 is 22.6 Å². The Hall–Kier alpha value is -0.280. The number of likely N-dealkylation sites (tertiary alicyclic amines) is 1. The number of hydrogen-bond donors (Lipinski definition) is 1. The van der Waals surface area contributed by atoms with Crippen LogP contribution in [-0.2, 0) is 4.79 Å². The third kappa shape index (κ3) is 4.47. The summed E-state index contributed by atoms with van der Waals surface area (Å²) >= 11 is 0. The van der Waals surface area contributed by atoms with Gasteiger partial charge in [-0.05, 0) is 19.3 Å². The van der Waals surface area contributed by atoms with Crippen LogP contribution in [0, 0.1) is 17.8 Å². The third-order valence-electron chi connectivity index (χ3n) is 4.13. The number of primary amides is 1. The van der Waals surface area contributed by atoms with Crippen molar-refractivity contribution in [2.75, 3.05) is 27.2 Å². The van der Waals surface area contributed by atoms with Gasteiger partial charge >= 0.3 is 0 Å². The Morgan fingerprint density at radius 1 is 1.29 bits per heavy atom. The molecule has 1 heterocycles. The fourth-order valence-electron chi connectivity index (χ4n) is 3.22. The van der Waals surface area contributed by atoms with Crippen molar-refractivity contribution in [3.8, 4) is 0 Å². The molecule has 0 spiro atoms. The number of hydrogen-bond acceptors (Lipinski definition) is 1. The van der Waals surface area contributed by atoms with E-state index in [0.717, 1.165) is 23.2 Å². The minimum atomic E-state index is -0.116. The zero-order valence-electron chi connectivity index (χ0n) is 11.6. The van der Waals surface area contributed by atoms with Crippen molar-refractivity contribution in [2.24, 2.45) is 23.5 Å². The highest BCUT2D eigenvalue weighted by Crippen LogP contribution is 2.34. The lowest BCUT2D eigenvalue weighted by molar-refractivity contribution is -0.880. The molecule has 0 saturated carbocycles. The second-order valence-electron chi connectivity index (χ2n) is 5.97. The Balaban J connectivity index is 0.00000256. The zero-order chi connectivity index (χ0) is 12.3. The average molecular weight is 263 g/mol. The molecule has 1 rings (SSSR count). The largest absolute Gasteiger partial charge is 1.00 e.